The third kappa shape index (κ3) is 4.66. The SMILES string of the molecule is C=CCc1cccc2cc(C(=O)NC(C(=O)N[C@@H]3C(=O)N4[C@@H]3SC(C)(C)[C@@H]4C(=O)O)c3ccccc3)c(=O)oc12. The number of nitrogens with zero attached hydrogens (tertiary/aromatic N) is 1. The van der Waals surface area contributed by atoms with E-state index >= 15 is 0 Å². The number of rotatable bonds is 8. The van der Waals surface area contributed by atoms with Gasteiger partial charge < -0.3 is 25.1 Å². The summed E-state index contributed by atoms with van der Waals surface area (Å²) in [4.78, 5) is 65.6. The van der Waals surface area contributed by atoms with E-state index in [1.807, 2.05) is 0 Å². The molecule has 2 saturated heterocycles. The maximum Gasteiger partial charge on any atom is 0.349 e. The van der Waals surface area contributed by atoms with E-state index in [2.05, 4.69) is 17.2 Å². The molecule has 3 heterocycles. The van der Waals surface area contributed by atoms with Crippen LogP contribution in [-0.2, 0) is 20.8 Å². The Morgan fingerprint density at radius 3 is 2.55 bits per heavy atom. The van der Waals surface area contributed by atoms with Gasteiger partial charge in [0.1, 0.15) is 34.6 Å². The quantitative estimate of drug-likeness (QED) is 0.216. The third-order valence-electron chi connectivity index (χ3n) is 7.09. The highest BCUT2D eigenvalue weighted by Gasteiger charge is 2.64. The second kappa shape index (κ2) is 10.3. The lowest BCUT2D eigenvalue weighted by Gasteiger charge is -2.44. The number of hydrogen-bond donors (Lipinski definition) is 3. The molecule has 40 heavy (non-hydrogen) atoms. The fourth-order valence-corrected chi connectivity index (χ4v) is 6.84. The number of carbonyl (C=O) groups is 4. The van der Waals surface area contributed by atoms with Crippen molar-refractivity contribution >= 4 is 46.4 Å². The summed E-state index contributed by atoms with van der Waals surface area (Å²) in [6, 6.07) is 11.9. The predicted molar refractivity (Wildman–Crippen MR) is 149 cm³/mol. The van der Waals surface area contributed by atoms with Crippen LogP contribution >= 0.6 is 11.8 Å². The van der Waals surface area contributed by atoms with Gasteiger partial charge in [-0.05, 0) is 37.5 Å². The number of amides is 3. The lowest BCUT2D eigenvalue weighted by atomic mass is 9.95. The lowest BCUT2D eigenvalue weighted by Crippen LogP contribution is -2.71. The third-order valence-corrected chi connectivity index (χ3v) is 8.67. The van der Waals surface area contributed by atoms with Crippen LogP contribution in [0.25, 0.3) is 11.0 Å². The zero-order chi connectivity index (χ0) is 28.8. The van der Waals surface area contributed by atoms with Crippen molar-refractivity contribution in [2.24, 2.45) is 0 Å². The molecule has 5 rings (SSSR count). The van der Waals surface area contributed by atoms with Crippen LogP contribution in [0.15, 0.2) is 76.5 Å². The molecular formula is C29H27N3O7S. The number of carboxylic acids is 1. The average Bonchev–Trinajstić information content (AvgIpc) is 3.18. The smallest absolute Gasteiger partial charge is 0.349 e. The van der Waals surface area contributed by atoms with Crippen molar-refractivity contribution in [3.8, 4) is 0 Å². The van der Waals surface area contributed by atoms with E-state index in [-0.39, 0.29) is 5.56 Å². The van der Waals surface area contributed by atoms with Crippen LogP contribution in [0, 0.1) is 0 Å². The second-order valence-corrected chi connectivity index (χ2v) is 11.9. The van der Waals surface area contributed by atoms with E-state index in [1.54, 1.807) is 68.5 Å². The molecule has 10 nitrogen and oxygen atoms in total. The summed E-state index contributed by atoms with van der Waals surface area (Å²) in [5.74, 6) is -3.11. The maximum atomic E-state index is 13.5. The van der Waals surface area contributed by atoms with Gasteiger partial charge >= 0.3 is 11.6 Å². The molecule has 4 atom stereocenters. The summed E-state index contributed by atoms with van der Waals surface area (Å²) in [6.45, 7) is 7.19. The zero-order valence-electron chi connectivity index (χ0n) is 21.7. The predicted octanol–water partition coefficient (Wildman–Crippen LogP) is 2.62. The molecule has 3 amide bonds. The Bertz CT molecular complexity index is 1600. The number of allylic oxidation sites excluding steroid dienone is 1. The molecule has 0 aliphatic carbocycles. The molecule has 1 aromatic heterocycles. The van der Waals surface area contributed by atoms with Gasteiger partial charge in [0.2, 0.25) is 11.8 Å². The number of β-lactam (4-membered cyclic amide) rings is 1. The number of aliphatic carboxylic acids is 1. The van der Waals surface area contributed by atoms with Gasteiger partial charge in [0.15, 0.2) is 0 Å². The first kappa shape index (κ1) is 27.2. The molecule has 0 spiro atoms. The molecule has 11 heteroatoms. The van der Waals surface area contributed by atoms with Crippen LogP contribution in [-0.4, -0.2) is 55.9 Å². The second-order valence-electron chi connectivity index (χ2n) is 10.2. The normalized spacial score (nSPS) is 21.7. The van der Waals surface area contributed by atoms with Gasteiger partial charge in [0.05, 0.1) is 0 Å². The summed E-state index contributed by atoms with van der Waals surface area (Å²) in [7, 11) is 0. The summed E-state index contributed by atoms with van der Waals surface area (Å²) in [5.41, 5.74) is 0.391. The van der Waals surface area contributed by atoms with Crippen molar-refractivity contribution in [1.29, 1.82) is 0 Å². The highest BCUT2D eigenvalue weighted by atomic mass is 32.2. The first-order chi connectivity index (χ1) is 19.0. The van der Waals surface area contributed by atoms with Gasteiger partial charge in [-0.15, -0.1) is 18.3 Å². The van der Waals surface area contributed by atoms with Gasteiger partial charge in [-0.1, -0.05) is 54.6 Å². The molecule has 2 aliphatic heterocycles. The Kier molecular flexibility index (Phi) is 7.01. The standard InChI is InChI=1S/C29H27N3O7S/c1-4-9-16-12-8-13-17-14-18(28(38)39-21(16)17)23(33)30-19(15-10-6-5-7-11-15)24(34)31-20-25(35)32-22(27(36)37)29(2,3)40-26(20)32/h4-8,10-14,19-20,22,26H,1,9H2,2-3H3,(H,30,33)(H,31,34)(H,36,37)/t19?,20-,22+,26-/m1/s1. The van der Waals surface area contributed by atoms with Crippen LogP contribution in [0.4, 0.5) is 0 Å². The Morgan fingerprint density at radius 2 is 1.88 bits per heavy atom. The molecular weight excluding hydrogens is 534 g/mol. The number of para-hydroxylation sites is 1. The Hall–Kier alpha value is -4.38. The van der Waals surface area contributed by atoms with E-state index < -0.39 is 57.6 Å². The molecule has 3 aromatic rings. The van der Waals surface area contributed by atoms with E-state index in [4.69, 9.17) is 4.42 Å². The molecule has 1 unspecified atom stereocenters. The van der Waals surface area contributed by atoms with E-state index in [0.29, 0.717) is 23.0 Å². The number of thioether (sulfide) groups is 1. The van der Waals surface area contributed by atoms with E-state index in [0.717, 1.165) is 5.56 Å². The summed E-state index contributed by atoms with van der Waals surface area (Å²) in [6.07, 6.45) is 2.15. The molecule has 0 radical (unpaired) electrons. The highest BCUT2D eigenvalue weighted by molar-refractivity contribution is 8.01. The van der Waals surface area contributed by atoms with Gasteiger partial charge in [0, 0.05) is 10.1 Å². The van der Waals surface area contributed by atoms with Crippen LogP contribution in [0.2, 0.25) is 0 Å². The number of nitrogens with one attached hydrogen (secondary N) is 2. The molecule has 206 valence electrons. The molecule has 2 fully saturated rings. The van der Waals surface area contributed by atoms with Gasteiger partial charge in [-0.25, -0.2) is 9.59 Å². The zero-order valence-corrected chi connectivity index (χ0v) is 22.6. The Balaban J connectivity index is 1.40. The van der Waals surface area contributed by atoms with Crippen LogP contribution in [0.5, 0.6) is 0 Å². The summed E-state index contributed by atoms with van der Waals surface area (Å²) >= 11 is 1.30. The van der Waals surface area contributed by atoms with Crippen molar-refractivity contribution < 1.29 is 28.7 Å². The van der Waals surface area contributed by atoms with Crippen molar-refractivity contribution in [2.45, 2.75) is 48.5 Å². The van der Waals surface area contributed by atoms with Crippen LogP contribution < -0.4 is 16.3 Å². The molecule has 3 N–H and O–H groups in total. The number of carbonyl (C=O) groups excluding carboxylic acids is 3. The van der Waals surface area contributed by atoms with E-state index in [1.165, 1.54) is 22.7 Å². The largest absolute Gasteiger partial charge is 0.480 e. The average molecular weight is 562 g/mol. The minimum Gasteiger partial charge on any atom is -0.480 e. The lowest BCUT2D eigenvalue weighted by molar-refractivity contribution is -0.161. The summed E-state index contributed by atoms with van der Waals surface area (Å²) in [5, 5.41) is 14.9. The highest BCUT2D eigenvalue weighted by Crippen LogP contribution is 2.50. The first-order valence-corrected chi connectivity index (χ1v) is 13.5. The maximum absolute atomic E-state index is 13.5. The number of fused-ring (bicyclic) bond motifs is 2. The van der Waals surface area contributed by atoms with Gasteiger partial charge in [0.25, 0.3) is 5.91 Å². The molecule has 0 saturated carbocycles. The number of benzene rings is 2. The molecule has 2 aromatic carbocycles. The Labute approximate surface area is 233 Å². The van der Waals surface area contributed by atoms with Gasteiger partial charge in [-0.3, -0.25) is 14.4 Å². The molecule has 2 aliphatic rings. The van der Waals surface area contributed by atoms with Crippen LogP contribution in [0.3, 0.4) is 0 Å². The minimum absolute atomic E-state index is 0.278. The minimum atomic E-state index is -1.24. The fraction of sp³-hybridized carbons (Fsp3) is 0.276. The fourth-order valence-electron chi connectivity index (χ4n) is 5.22. The van der Waals surface area contributed by atoms with Crippen molar-refractivity contribution in [3.05, 3.63) is 94.4 Å². The first-order valence-electron chi connectivity index (χ1n) is 12.6. The summed E-state index contributed by atoms with van der Waals surface area (Å²) < 4.78 is 4.73. The number of carboxylic acid groups (broad SMARTS) is 1. The molecule has 0 bridgehead atoms. The van der Waals surface area contributed by atoms with Crippen molar-refractivity contribution in [2.75, 3.05) is 0 Å². The van der Waals surface area contributed by atoms with Crippen LogP contribution in [0.1, 0.15) is 41.4 Å². The number of hydrogen-bond acceptors (Lipinski definition) is 7. The van der Waals surface area contributed by atoms with E-state index in [9.17, 15) is 29.1 Å². The monoisotopic (exact) mass is 561 g/mol. The Morgan fingerprint density at radius 1 is 1.15 bits per heavy atom. The topological polar surface area (TPSA) is 146 Å². The van der Waals surface area contributed by atoms with Crippen molar-refractivity contribution in [1.82, 2.24) is 15.5 Å². The van der Waals surface area contributed by atoms with Gasteiger partial charge in [-0.2, -0.15) is 0 Å². The van der Waals surface area contributed by atoms with Crippen molar-refractivity contribution in [3.63, 3.8) is 0 Å².